The van der Waals surface area contributed by atoms with Gasteiger partial charge in [0.25, 0.3) is 0 Å². The fourth-order valence-corrected chi connectivity index (χ4v) is 4.05. The van der Waals surface area contributed by atoms with Gasteiger partial charge in [-0.3, -0.25) is 14.5 Å². The Hall–Kier alpha value is -4.50. The molecule has 236 valence electrons. The monoisotopic (exact) mass is 595 g/mol. The van der Waals surface area contributed by atoms with Gasteiger partial charge < -0.3 is 19.8 Å². The summed E-state index contributed by atoms with van der Waals surface area (Å²) in [5.41, 5.74) is 0.289. The van der Waals surface area contributed by atoms with E-state index in [4.69, 9.17) is 9.47 Å². The molecule has 0 spiro atoms. The SMILES string of the molecule is C#C.C#C.C=CC(C(C)C)C(NC(=O)[C@H](CC)N(CC)C(=O)OC(C)(C)C)C(=O)OCC.O=c1cc[nH]c2ccccc12. The third kappa shape index (κ3) is 13.8. The van der Waals surface area contributed by atoms with Gasteiger partial charge in [0.2, 0.25) is 5.91 Å². The van der Waals surface area contributed by atoms with Crippen molar-refractivity contribution in [2.75, 3.05) is 13.2 Å². The lowest BCUT2D eigenvalue weighted by Gasteiger charge is -2.33. The van der Waals surface area contributed by atoms with E-state index in [1.165, 1.54) is 11.0 Å². The molecule has 1 heterocycles. The normalized spacial score (nSPS) is 12.2. The summed E-state index contributed by atoms with van der Waals surface area (Å²) in [6, 6.07) is 7.37. The third-order valence-electron chi connectivity index (χ3n) is 5.97. The predicted molar refractivity (Wildman–Crippen MR) is 174 cm³/mol. The van der Waals surface area contributed by atoms with Gasteiger partial charge in [-0.25, -0.2) is 9.59 Å². The van der Waals surface area contributed by atoms with Crippen LogP contribution in [0, 0.1) is 37.5 Å². The van der Waals surface area contributed by atoms with Crippen LogP contribution in [0.2, 0.25) is 0 Å². The van der Waals surface area contributed by atoms with Crippen molar-refractivity contribution in [2.45, 2.75) is 79.5 Å². The maximum absolute atomic E-state index is 13.0. The van der Waals surface area contributed by atoms with E-state index in [0.717, 1.165) is 10.9 Å². The minimum atomic E-state index is -0.864. The molecule has 0 saturated heterocycles. The van der Waals surface area contributed by atoms with Crippen molar-refractivity contribution in [3.8, 4) is 25.7 Å². The lowest BCUT2D eigenvalue weighted by molar-refractivity contribution is -0.149. The van der Waals surface area contributed by atoms with Crippen LogP contribution in [0.4, 0.5) is 4.79 Å². The number of likely N-dealkylation sites (N-methyl/N-ethyl adjacent to an activating group) is 1. The second-order valence-corrected chi connectivity index (χ2v) is 10.4. The van der Waals surface area contributed by atoms with Gasteiger partial charge in [0.1, 0.15) is 17.7 Å². The number of hydrogen-bond donors (Lipinski definition) is 2. The number of H-pyrrole nitrogens is 1. The molecule has 2 N–H and O–H groups in total. The molecule has 2 rings (SSSR count). The molecule has 1 aromatic heterocycles. The van der Waals surface area contributed by atoms with Gasteiger partial charge in [0.05, 0.1) is 6.61 Å². The first-order chi connectivity index (χ1) is 20.3. The van der Waals surface area contributed by atoms with Crippen LogP contribution in [0.15, 0.2) is 54.0 Å². The van der Waals surface area contributed by atoms with E-state index in [2.05, 4.69) is 42.6 Å². The highest BCUT2D eigenvalue weighted by Crippen LogP contribution is 2.20. The van der Waals surface area contributed by atoms with E-state index in [-0.39, 0.29) is 23.9 Å². The van der Waals surface area contributed by atoms with Crippen LogP contribution >= 0.6 is 0 Å². The maximum Gasteiger partial charge on any atom is 0.410 e. The highest BCUT2D eigenvalue weighted by molar-refractivity contribution is 5.90. The standard InChI is InChI=1S/C21H38N2O5.C9H7NO.2C2H2/c1-10-15(14(5)6)17(19(25)27-13-4)22-18(24)16(11-2)23(12-3)20(26)28-21(7,8)9;11-9-5-6-10-8-4-2-1-3-7(8)9;2*1-2/h10,14-17H,1,11-13H2,2-9H3,(H,22,24);1-6H,(H,10,11);2*1-2H/t15?,16-,17?;;;/m0.../s1. The summed E-state index contributed by atoms with van der Waals surface area (Å²) in [6.07, 6.45) is 19.1. The average Bonchev–Trinajstić information content (AvgIpc) is 2.97. The van der Waals surface area contributed by atoms with E-state index in [1.807, 2.05) is 45.0 Å². The molecule has 0 fully saturated rings. The van der Waals surface area contributed by atoms with E-state index in [1.54, 1.807) is 46.9 Å². The molecule has 9 nitrogen and oxygen atoms in total. The largest absolute Gasteiger partial charge is 0.464 e. The van der Waals surface area contributed by atoms with E-state index in [0.29, 0.717) is 13.0 Å². The van der Waals surface area contributed by atoms with Gasteiger partial charge in [0, 0.05) is 35.6 Å². The third-order valence-corrected chi connectivity index (χ3v) is 5.97. The van der Waals surface area contributed by atoms with Crippen molar-refractivity contribution >= 4 is 28.9 Å². The number of amides is 2. The molecule has 43 heavy (non-hydrogen) atoms. The number of carbonyl (C=O) groups excluding carboxylic acids is 3. The summed E-state index contributed by atoms with van der Waals surface area (Å²) in [5.74, 6) is -1.15. The predicted octanol–water partition coefficient (Wildman–Crippen LogP) is 5.56. The molecule has 0 aliphatic rings. The highest BCUT2D eigenvalue weighted by Gasteiger charge is 2.36. The first-order valence-electron chi connectivity index (χ1n) is 14.1. The van der Waals surface area contributed by atoms with E-state index >= 15 is 0 Å². The Morgan fingerprint density at radius 3 is 2.07 bits per heavy atom. The summed E-state index contributed by atoms with van der Waals surface area (Å²) in [5, 5.41) is 3.53. The Labute approximate surface area is 257 Å². The number of aromatic nitrogens is 1. The van der Waals surface area contributed by atoms with Crippen LogP contribution in [-0.2, 0) is 19.1 Å². The number of fused-ring (bicyclic) bond motifs is 1. The van der Waals surface area contributed by atoms with E-state index in [9.17, 15) is 19.2 Å². The van der Waals surface area contributed by atoms with Crippen molar-refractivity contribution < 1.29 is 23.9 Å². The van der Waals surface area contributed by atoms with Crippen LogP contribution < -0.4 is 10.7 Å². The van der Waals surface area contributed by atoms with Crippen LogP contribution in [0.1, 0.15) is 61.8 Å². The summed E-state index contributed by atoms with van der Waals surface area (Å²) in [6.45, 7) is 18.8. The Morgan fingerprint density at radius 1 is 1.05 bits per heavy atom. The number of nitrogens with zero attached hydrogens (tertiary/aromatic N) is 1. The Kier molecular flexibility index (Phi) is 20.1. The lowest BCUT2D eigenvalue weighted by atomic mass is 9.88. The zero-order chi connectivity index (χ0) is 33.8. The fourth-order valence-electron chi connectivity index (χ4n) is 4.05. The second kappa shape index (κ2) is 21.2. The second-order valence-electron chi connectivity index (χ2n) is 10.4. The average molecular weight is 596 g/mol. The molecular weight excluding hydrogens is 546 g/mol. The number of aromatic amines is 1. The number of pyridine rings is 1. The smallest absolute Gasteiger partial charge is 0.410 e. The lowest BCUT2D eigenvalue weighted by Crippen LogP contribution is -2.56. The quantitative estimate of drug-likeness (QED) is 0.211. The zero-order valence-electron chi connectivity index (χ0n) is 26.9. The number of benzene rings is 1. The van der Waals surface area contributed by atoms with Crippen LogP contribution in [0.25, 0.3) is 10.9 Å². The molecule has 0 aliphatic heterocycles. The summed E-state index contributed by atoms with van der Waals surface area (Å²) in [7, 11) is 0. The molecular formula is C34H49N3O6. The minimum absolute atomic E-state index is 0.0688. The van der Waals surface area contributed by atoms with Gasteiger partial charge >= 0.3 is 12.1 Å². The van der Waals surface area contributed by atoms with Crippen molar-refractivity contribution in [1.82, 2.24) is 15.2 Å². The molecule has 2 aromatic rings. The molecule has 2 amide bonds. The number of terminal acetylenes is 2. The van der Waals surface area contributed by atoms with Crippen LogP contribution in [0.5, 0.6) is 0 Å². The van der Waals surface area contributed by atoms with Crippen molar-refractivity contribution in [2.24, 2.45) is 11.8 Å². The first kappa shape index (κ1) is 40.6. The van der Waals surface area contributed by atoms with Gasteiger partial charge in [-0.1, -0.05) is 39.0 Å². The highest BCUT2D eigenvalue weighted by atomic mass is 16.6. The van der Waals surface area contributed by atoms with Crippen molar-refractivity contribution in [1.29, 1.82) is 0 Å². The molecule has 9 heteroatoms. The molecule has 0 radical (unpaired) electrons. The zero-order valence-corrected chi connectivity index (χ0v) is 26.9. The molecule has 0 saturated carbocycles. The molecule has 0 bridgehead atoms. The maximum atomic E-state index is 13.0. The van der Waals surface area contributed by atoms with Gasteiger partial charge in [-0.05, 0) is 59.1 Å². The Balaban J connectivity index is 0. The number of para-hydroxylation sites is 1. The van der Waals surface area contributed by atoms with E-state index < -0.39 is 35.7 Å². The number of nitrogens with one attached hydrogen (secondary N) is 2. The summed E-state index contributed by atoms with van der Waals surface area (Å²) < 4.78 is 10.6. The number of rotatable bonds is 10. The number of ether oxygens (including phenoxy) is 2. The van der Waals surface area contributed by atoms with Gasteiger partial charge in [-0.2, -0.15) is 0 Å². The minimum Gasteiger partial charge on any atom is -0.464 e. The Bertz CT molecular complexity index is 1230. The van der Waals surface area contributed by atoms with Crippen molar-refractivity contribution in [3.63, 3.8) is 0 Å². The summed E-state index contributed by atoms with van der Waals surface area (Å²) >= 11 is 0. The number of carbonyl (C=O) groups is 3. The van der Waals surface area contributed by atoms with Crippen molar-refractivity contribution in [3.05, 3.63) is 59.4 Å². The topological polar surface area (TPSA) is 118 Å². The Morgan fingerprint density at radius 2 is 1.63 bits per heavy atom. The fraction of sp³-hybridized carbons (Fsp3) is 0.471. The van der Waals surface area contributed by atoms with Gasteiger partial charge in [0.15, 0.2) is 5.43 Å². The number of hydrogen-bond acceptors (Lipinski definition) is 6. The van der Waals surface area contributed by atoms with Gasteiger partial charge in [-0.15, -0.1) is 32.3 Å². The van der Waals surface area contributed by atoms with Crippen LogP contribution in [-0.4, -0.2) is 58.7 Å². The molecule has 2 unspecified atom stereocenters. The first-order valence-corrected chi connectivity index (χ1v) is 14.1. The molecule has 1 aromatic carbocycles. The number of esters is 1. The molecule has 0 aliphatic carbocycles. The molecule has 3 atom stereocenters. The summed E-state index contributed by atoms with van der Waals surface area (Å²) in [4.78, 5) is 53.5. The van der Waals surface area contributed by atoms with Crippen LogP contribution in [0.3, 0.4) is 0 Å².